The predicted octanol–water partition coefficient (Wildman–Crippen LogP) is 3.32. The van der Waals surface area contributed by atoms with Gasteiger partial charge in [-0.2, -0.15) is 0 Å². The van der Waals surface area contributed by atoms with Crippen LogP contribution in [0.5, 0.6) is 11.6 Å². The van der Waals surface area contributed by atoms with Crippen molar-refractivity contribution in [3.63, 3.8) is 0 Å². The molecular weight excluding hydrogens is 306 g/mol. The molecule has 0 aliphatic heterocycles. The van der Waals surface area contributed by atoms with E-state index in [1.54, 1.807) is 14.2 Å². The number of rotatable bonds is 9. The van der Waals surface area contributed by atoms with E-state index >= 15 is 0 Å². The third-order valence-corrected chi connectivity index (χ3v) is 3.78. The molecule has 0 saturated carbocycles. The van der Waals surface area contributed by atoms with E-state index in [2.05, 4.69) is 4.98 Å². The largest absolute Gasteiger partial charge is 0.488 e. The molecule has 1 heterocycles. The summed E-state index contributed by atoms with van der Waals surface area (Å²) >= 11 is 0. The molecule has 0 aliphatic rings. The van der Waals surface area contributed by atoms with Gasteiger partial charge in [-0.25, -0.2) is 4.98 Å². The highest BCUT2D eigenvalue weighted by molar-refractivity contribution is 5.39. The SMILES string of the molecule is COCC(COc1cc(OCc2ccccc2)c(C)c(C)n1)OC. The van der Waals surface area contributed by atoms with Gasteiger partial charge in [0.15, 0.2) is 0 Å². The summed E-state index contributed by atoms with van der Waals surface area (Å²) in [6, 6.07) is 11.9. The number of methoxy groups -OCH3 is 2. The Morgan fingerprint density at radius 3 is 2.42 bits per heavy atom. The summed E-state index contributed by atoms with van der Waals surface area (Å²) in [4.78, 5) is 4.46. The lowest BCUT2D eigenvalue weighted by atomic mass is 10.2. The van der Waals surface area contributed by atoms with E-state index < -0.39 is 0 Å². The van der Waals surface area contributed by atoms with Crippen molar-refractivity contribution in [2.45, 2.75) is 26.6 Å². The summed E-state index contributed by atoms with van der Waals surface area (Å²) < 4.78 is 22.1. The minimum Gasteiger partial charge on any atom is -0.488 e. The second-order valence-electron chi connectivity index (χ2n) is 5.57. The van der Waals surface area contributed by atoms with E-state index in [9.17, 15) is 0 Å². The molecule has 1 aromatic heterocycles. The summed E-state index contributed by atoms with van der Waals surface area (Å²) in [7, 11) is 3.27. The Hall–Kier alpha value is -2.11. The molecule has 0 spiro atoms. The summed E-state index contributed by atoms with van der Waals surface area (Å²) in [6.07, 6.45) is -0.132. The third-order valence-electron chi connectivity index (χ3n) is 3.78. The Kier molecular flexibility index (Phi) is 7.03. The van der Waals surface area contributed by atoms with Crippen LogP contribution in [0.2, 0.25) is 0 Å². The van der Waals surface area contributed by atoms with Crippen molar-refractivity contribution in [2.24, 2.45) is 0 Å². The van der Waals surface area contributed by atoms with Gasteiger partial charge < -0.3 is 18.9 Å². The number of pyridine rings is 1. The topological polar surface area (TPSA) is 49.8 Å². The molecule has 1 unspecified atom stereocenters. The van der Waals surface area contributed by atoms with Gasteiger partial charge in [-0.1, -0.05) is 30.3 Å². The van der Waals surface area contributed by atoms with Gasteiger partial charge in [0.1, 0.15) is 25.1 Å². The van der Waals surface area contributed by atoms with Crippen LogP contribution in [-0.4, -0.2) is 38.5 Å². The monoisotopic (exact) mass is 331 g/mol. The quantitative estimate of drug-likeness (QED) is 0.705. The van der Waals surface area contributed by atoms with Gasteiger partial charge in [0.05, 0.1) is 6.61 Å². The van der Waals surface area contributed by atoms with E-state index in [0.717, 1.165) is 22.6 Å². The number of aryl methyl sites for hydroxylation is 1. The summed E-state index contributed by atoms with van der Waals surface area (Å²) in [5.41, 5.74) is 3.02. The molecule has 0 aliphatic carbocycles. The number of ether oxygens (including phenoxy) is 4. The Morgan fingerprint density at radius 2 is 1.75 bits per heavy atom. The van der Waals surface area contributed by atoms with E-state index in [-0.39, 0.29) is 6.10 Å². The van der Waals surface area contributed by atoms with Crippen molar-refractivity contribution in [1.29, 1.82) is 0 Å². The highest BCUT2D eigenvalue weighted by atomic mass is 16.6. The molecule has 2 rings (SSSR count). The first kappa shape index (κ1) is 18.2. The molecule has 5 heteroatoms. The lowest BCUT2D eigenvalue weighted by Crippen LogP contribution is -2.25. The first-order chi connectivity index (χ1) is 11.6. The second-order valence-corrected chi connectivity index (χ2v) is 5.57. The fourth-order valence-corrected chi connectivity index (χ4v) is 2.19. The van der Waals surface area contributed by atoms with Gasteiger partial charge in [-0.3, -0.25) is 0 Å². The first-order valence-corrected chi connectivity index (χ1v) is 7.93. The van der Waals surface area contributed by atoms with Crippen LogP contribution in [0.1, 0.15) is 16.8 Å². The van der Waals surface area contributed by atoms with E-state index in [1.165, 1.54) is 0 Å². The highest BCUT2D eigenvalue weighted by Crippen LogP contribution is 2.26. The highest BCUT2D eigenvalue weighted by Gasteiger charge is 2.12. The van der Waals surface area contributed by atoms with Crippen LogP contribution in [-0.2, 0) is 16.1 Å². The molecule has 1 aromatic carbocycles. The minimum absolute atomic E-state index is 0.132. The first-order valence-electron chi connectivity index (χ1n) is 7.93. The maximum Gasteiger partial charge on any atom is 0.217 e. The number of hydrogen-bond donors (Lipinski definition) is 0. The average Bonchev–Trinajstić information content (AvgIpc) is 2.61. The van der Waals surface area contributed by atoms with E-state index in [1.807, 2.05) is 50.2 Å². The van der Waals surface area contributed by atoms with Crippen LogP contribution in [0.4, 0.5) is 0 Å². The zero-order valence-electron chi connectivity index (χ0n) is 14.7. The van der Waals surface area contributed by atoms with E-state index in [0.29, 0.717) is 25.7 Å². The summed E-state index contributed by atoms with van der Waals surface area (Å²) in [5.74, 6) is 1.31. The predicted molar refractivity (Wildman–Crippen MR) is 92.7 cm³/mol. The maximum atomic E-state index is 5.95. The van der Waals surface area contributed by atoms with Crippen molar-refractivity contribution in [1.82, 2.24) is 4.98 Å². The molecule has 2 aromatic rings. The van der Waals surface area contributed by atoms with Crippen LogP contribution < -0.4 is 9.47 Å². The fourth-order valence-electron chi connectivity index (χ4n) is 2.19. The normalized spacial score (nSPS) is 12.0. The summed E-state index contributed by atoms with van der Waals surface area (Å²) in [6.45, 7) is 5.29. The molecule has 0 amide bonds. The summed E-state index contributed by atoms with van der Waals surface area (Å²) in [5, 5.41) is 0. The van der Waals surface area contributed by atoms with Crippen molar-refractivity contribution < 1.29 is 18.9 Å². The number of nitrogens with zero attached hydrogens (tertiary/aromatic N) is 1. The van der Waals surface area contributed by atoms with Crippen LogP contribution >= 0.6 is 0 Å². The Balaban J connectivity index is 2.04. The lowest BCUT2D eigenvalue weighted by Gasteiger charge is -2.17. The lowest BCUT2D eigenvalue weighted by molar-refractivity contribution is -0.000124. The van der Waals surface area contributed by atoms with Crippen LogP contribution in [0.3, 0.4) is 0 Å². The molecule has 24 heavy (non-hydrogen) atoms. The number of aromatic nitrogens is 1. The molecule has 0 bridgehead atoms. The van der Waals surface area contributed by atoms with Crippen LogP contribution in [0, 0.1) is 13.8 Å². The molecule has 0 saturated heterocycles. The Labute approximate surface area is 143 Å². The van der Waals surface area contributed by atoms with Gasteiger partial charge in [0, 0.05) is 31.5 Å². The van der Waals surface area contributed by atoms with E-state index in [4.69, 9.17) is 18.9 Å². The maximum absolute atomic E-state index is 5.95. The van der Waals surface area contributed by atoms with Gasteiger partial charge in [0.2, 0.25) is 5.88 Å². The Morgan fingerprint density at radius 1 is 1.00 bits per heavy atom. The van der Waals surface area contributed by atoms with Gasteiger partial charge in [-0.15, -0.1) is 0 Å². The van der Waals surface area contributed by atoms with Crippen molar-refractivity contribution in [3.8, 4) is 11.6 Å². The molecule has 0 fully saturated rings. The molecule has 130 valence electrons. The second kappa shape index (κ2) is 9.25. The number of hydrogen-bond acceptors (Lipinski definition) is 5. The number of benzene rings is 1. The minimum atomic E-state index is -0.132. The molecule has 5 nitrogen and oxygen atoms in total. The standard InChI is InChI=1S/C19H25NO4/c1-14-15(2)20-19(24-13-17(22-4)12-21-3)10-18(14)23-11-16-8-6-5-7-9-16/h5-10,17H,11-13H2,1-4H3. The van der Waals surface area contributed by atoms with Gasteiger partial charge in [-0.05, 0) is 19.4 Å². The molecule has 0 N–H and O–H groups in total. The fraction of sp³-hybridized carbons (Fsp3) is 0.421. The average molecular weight is 331 g/mol. The molecule has 0 radical (unpaired) electrons. The smallest absolute Gasteiger partial charge is 0.217 e. The van der Waals surface area contributed by atoms with Crippen LogP contribution in [0.15, 0.2) is 36.4 Å². The zero-order valence-corrected chi connectivity index (χ0v) is 14.7. The Bertz CT molecular complexity index is 631. The van der Waals surface area contributed by atoms with Crippen molar-refractivity contribution >= 4 is 0 Å². The zero-order chi connectivity index (χ0) is 17.4. The van der Waals surface area contributed by atoms with Crippen LogP contribution in [0.25, 0.3) is 0 Å². The molecular formula is C19H25NO4. The van der Waals surface area contributed by atoms with Crippen molar-refractivity contribution in [2.75, 3.05) is 27.4 Å². The molecule has 1 atom stereocenters. The van der Waals surface area contributed by atoms with Gasteiger partial charge >= 0.3 is 0 Å². The third kappa shape index (κ3) is 5.22. The van der Waals surface area contributed by atoms with Crippen molar-refractivity contribution in [3.05, 3.63) is 53.2 Å². The van der Waals surface area contributed by atoms with Gasteiger partial charge in [0.25, 0.3) is 0 Å².